The first kappa shape index (κ1) is 13.8. The summed E-state index contributed by atoms with van der Waals surface area (Å²) in [4.78, 5) is 2.45. The second kappa shape index (κ2) is 5.41. The number of aromatic hydroxyl groups is 1. The first-order valence-corrected chi connectivity index (χ1v) is 8.65. The van der Waals surface area contributed by atoms with E-state index in [9.17, 15) is 5.11 Å². The second-order valence-electron chi connectivity index (χ2n) is 5.91. The van der Waals surface area contributed by atoms with Crippen molar-refractivity contribution in [3.63, 3.8) is 0 Å². The van der Waals surface area contributed by atoms with Gasteiger partial charge in [0.25, 0.3) is 0 Å². The lowest BCUT2D eigenvalue weighted by Crippen LogP contribution is -2.33. The number of phenols is 1. The first-order valence-electron chi connectivity index (χ1n) is 7.77. The van der Waals surface area contributed by atoms with Gasteiger partial charge in [0.1, 0.15) is 5.75 Å². The topological polar surface area (TPSA) is 23.5 Å². The van der Waals surface area contributed by atoms with Crippen molar-refractivity contribution in [1.82, 2.24) is 4.90 Å². The van der Waals surface area contributed by atoms with Crippen molar-refractivity contribution < 1.29 is 5.11 Å². The van der Waals surface area contributed by atoms with Gasteiger partial charge in [-0.3, -0.25) is 4.90 Å². The summed E-state index contributed by atoms with van der Waals surface area (Å²) >= 11 is 1.68. The molecule has 22 heavy (non-hydrogen) atoms. The molecule has 0 bridgehead atoms. The van der Waals surface area contributed by atoms with Crippen molar-refractivity contribution in [1.29, 1.82) is 0 Å². The van der Waals surface area contributed by atoms with Crippen molar-refractivity contribution in [2.24, 2.45) is 0 Å². The molecule has 0 fully saturated rings. The molecule has 0 radical (unpaired) electrons. The van der Waals surface area contributed by atoms with E-state index < -0.39 is 0 Å². The molecule has 2 aromatic carbocycles. The van der Waals surface area contributed by atoms with Gasteiger partial charge in [-0.1, -0.05) is 37.3 Å². The van der Waals surface area contributed by atoms with Crippen LogP contribution in [0.15, 0.2) is 47.8 Å². The molecule has 0 spiro atoms. The van der Waals surface area contributed by atoms with E-state index in [-0.39, 0.29) is 5.92 Å². The lowest BCUT2D eigenvalue weighted by molar-refractivity contribution is 0.252. The molecule has 1 aliphatic heterocycles. The van der Waals surface area contributed by atoms with E-state index in [1.54, 1.807) is 11.3 Å². The zero-order chi connectivity index (χ0) is 15.1. The van der Waals surface area contributed by atoms with Gasteiger partial charge in [-0.05, 0) is 35.2 Å². The summed E-state index contributed by atoms with van der Waals surface area (Å²) in [6.45, 7) is 5.21. The second-order valence-corrected chi connectivity index (χ2v) is 6.86. The molecule has 0 aliphatic carbocycles. The third-order valence-corrected chi connectivity index (χ3v) is 5.61. The average Bonchev–Trinajstić information content (AvgIpc) is 3.04. The highest BCUT2D eigenvalue weighted by atomic mass is 32.1. The predicted molar refractivity (Wildman–Crippen MR) is 92.7 cm³/mol. The van der Waals surface area contributed by atoms with Gasteiger partial charge in [0, 0.05) is 34.7 Å². The minimum absolute atomic E-state index is 0.245. The van der Waals surface area contributed by atoms with Crippen LogP contribution in [-0.2, 0) is 6.54 Å². The molecule has 1 N–H and O–H groups in total. The molecule has 3 heteroatoms. The van der Waals surface area contributed by atoms with Crippen LogP contribution in [0.2, 0.25) is 0 Å². The van der Waals surface area contributed by atoms with Gasteiger partial charge in [-0.2, -0.15) is 0 Å². The Hall–Kier alpha value is -1.84. The Balaban J connectivity index is 1.87. The third kappa shape index (κ3) is 2.13. The molecular weight excluding hydrogens is 290 g/mol. The van der Waals surface area contributed by atoms with Gasteiger partial charge >= 0.3 is 0 Å². The summed E-state index contributed by atoms with van der Waals surface area (Å²) in [7, 11) is 0. The molecule has 0 amide bonds. The van der Waals surface area contributed by atoms with Crippen molar-refractivity contribution >= 4 is 21.4 Å². The number of benzene rings is 2. The molecule has 1 aliphatic rings. The molecule has 0 saturated carbocycles. The Morgan fingerprint density at radius 1 is 1.14 bits per heavy atom. The fourth-order valence-corrected chi connectivity index (χ4v) is 4.30. The molecular formula is C19H19NOS. The minimum atomic E-state index is 0.245. The SMILES string of the molecule is CCN1Cc2ccccc2C(c2ccc3sccc3c2O)C1. The van der Waals surface area contributed by atoms with Gasteiger partial charge in [0.05, 0.1) is 0 Å². The zero-order valence-electron chi connectivity index (χ0n) is 12.6. The largest absolute Gasteiger partial charge is 0.507 e. The number of hydrogen-bond acceptors (Lipinski definition) is 3. The van der Waals surface area contributed by atoms with Crippen LogP contribution in [0.1, 0.15) is 29.5 Å². The van der Waals surface area contributed by atoms with E-state index >= 15 is 0 Å². The fourth-order valence-electron chi connectivity index (χ4n) is 3.51. The molecule has 1 atom stereocenters. The van der Waals surface area contributed by atoms with Crippen LogP contribution in [-0.4, -0.2) is 23.1 Å². The van der Waals surface area contributed by atoms with Crippen molar-refractivity contribution in [3.05, 3.63) is 64.5 Å². The Morgan fingerprint density at radius 2 is 2.00 bits per heavy atom. The summed E-state index contributed by atoms with van der Waals surface area (Å²) in [5.74, 6) is 0.700. The highest BCUT2D eigenvalue weighted by Gasteiger charge is 2.27. The van der Waals surface area contributed by atoms with Crippen molar-refractivity contribution in [3.8, 4) is 5.75 Å². The van der Waals surface area contributed by atoms with Gasteiger partial charge in [-0.15, -0.1) is 11.3 Å². The smallest absolute Gasteiger partial charge is 0.128 e. The number of hydrogen-bond donors (Lipinski definition) is 1. The number of likely N-dealkylation sites (N-methyl/N-ethyl adjacent to an activating group) is 1. The minimum Gasteiger partial charge on any atom is -0.507 e. The van der Waals surface area contributed by atoms with Crippen LogP contribution >= 0.6 is 11.3 Å². The van der Waals surface area contributed by atoms with Crippen LogP contribution in [0.4, 0.5) is 0 Å². The van der Waals surface area contributed by atoms with E-state index in [4.69, 9.17) is 0 Å². The Labute approximate surface area is 134 Å². The van der Waals surface area contributed by atoms with Gasteiger partial charge in [0.15, 0.2) is 0 Å². The van der Waals surface area contributed by atoms with Crippen molar-refractivity contribution in [2.75, 3.05) is 13.1 Å². The number of fused-ring (bicyclic) bond motifs is 2. The maximum Gasteiger partial charge on any atom is 0.128 e. The van der Waals surface area contributed by atoms with Crippen LogP contribution in [0, 0.1) is 0 Å². The van der Waals surface area contributed by atoms with E-state index in [1.165, 1.54) is 11.1 Å². The molecule has 1 unspecified atom stereocenters. The normalized spacial score (nSPS) is 18.5. The molecule has 0 saturated heterocycles. The summed E-state index contributed by atoms with van der Waals surface area (Å²) in [6.07, 6.45) is 0. The lowest BCUT2D eigenvalue weighted by atomic mass is 9.84. The lowest BCUT2D eigenvalue weighted by Gasteiger charge is -2.34. The quantitative estimate of drug-likeness (QED) is 0.749. The highest BCUT2D eigenvalue weighted by Crippen LogP contribution is 2.41. The maximum atomic E-state index is 10.8. The van der Waals surface area contributed by atoms with Crippen molar-refractivity contribution in [2.45, 2.75) is 19.4 Å². The number of phenolic OH excluding ortho intramolecular Hbond substituents is 1. The van der Waals surface area contributed by atoms with Gasteiger partial charge in [-0.25, -0.2) is 0 Å². The molecule has 1 aromatic heterocycles. The molecule has 2 nitrogen and oxygen atoms in total. The van der Waals surface area contributed by atoms with Gasteiger partial charge < -0.3 is 5.11 Å². The van der Waals surface area contributed by atoms with Gasteiger partial charge in [0.2, 0.25) is 0 Å². The van der Waals surface area contributed by atoms with E-state index in [0.29, 0.717) is 5.75 Å². The standard InChI is InChI=1S/C19H19NOS/c1-2-20-11-13-5-3-4-6-14(13)17(12-20)15-7-8-18-16(19(15)21)9-10-22-18/h3-10,17,21H,2,11-12H2,1H3. The molecule has 4 rings (SSSR count). The van der Waals surface area contributed by atoms with Crippen LogP contribution in [0.25, 0.3) is 10.1 Å². The van der Waals surface area contributed by atoms with E-state index in [1.807, 2.05) is 11.4 Å². The van der Waals surface area contributed by atoms with E-state index in [2.05, 4.69) is 48.2 Å². The first-order chi connectivity index (χ1) is 10.8. The summed E-state index contributed by atoms with van der Waals surface area (Å²) in [5.41, 5.74) is 3.79. The van der Waals surface area contributed by atoms with Crippen LogP contribution in [0.5, 0.6) is 5.75 Å². The summed E-state index contributed by atoms with van der Waals surface area (Å²) in [6, 6.07) is 14.9. The number of nitrogens with zero attached hydrogens (tertiary/aromatic N) is 1. The molecule has 2 heterocycles. The molecule has 3 aromatic rings. The number of rotatable bonds is 2. The third-order valence-electron chi connectivity index (χ3n) is 4.73. The van der Waals surface area contributed by atoms with E-state index in [0.717, 1.165) is 35.3 Å². The Kier molecular flexibility index (Phi) is 3.40. The van der Waals surface area contributed by atoms with Crippen LogP contribution < -0.4 is 0 Å². The molecule has 112 valence electrons. The fraction of sp³-hybridized carbons (Fsp3) is 0.263. The Morgan fingerprint density at radius 3 is 2.86 bits per heavy atom. The van der Waals surface area contributed by atoms with Crippen LogP contribution in [0.3, 0.4) is 0 Å². The Bertz CT molecular complexity index is 823. The maximum absolute atomic E-state index is 10.8. The monoisotopic (exact) mass is 309 g/mol. The zero-order valence-corrected chi connectivity index (χ0v) is 13.4. The number of thiophene rings is 1. The summed E-state index contributed by atoms with van der Waals surface area (Å²) in [5, 5.41) is 13.8. The average molecular weight is 309 g/mol. The highest BCUT2D eigenvalue weighted by molar-refractivity contribution is 7.17. The predicted octanol–water partition coefficient (Wildman–Crippen LogP) is 4.57. The summed E-state index contributed by atoms with van der Waals surface area (Å²) < 4.78 is 1.15.